The van der Waals surface area contributed by atoms with Gasteiger partial charge in [-0.3, -0.25) is 0 Å². The predicted octanol–water partition coefficient (Wildman–Crippen LogP) is 2.98. The van der Waals surface area contributed by atoms with E-state index in [1.807, 2.05) is 6.07 Å². The highest BCUT2D eigenvalue weighted by Gasteiger charge is 2.11. The molecule has 0 bridgehead atoms. The van der Waals surface area contributed by atoms with Gasteiger partial charge < -0.3 is 19.7 Å². The average molecular weight is 272 g/mol. The van der Waals surface area contributed by atoms with Crippen molar-refractivity contribution in [3.05, 3.63) is 47.9 Å². The molecular weight excluding hydrogens is 252 g/mol. The van der Waals surface area contributed by atoms with Gasteiger partial charge in [-0.1, -0.05) is 0 Å². The van der Waals surface area contributed by atoms with Crippen LogP contribution in [0.5, 0.6) is 0 Å². The summed E-state index contributed by atoms with van der Waals surface area (Å²) in [7, 11) is 0. The highest BCUT2D eigenvalue weighted by Crippen LogP contribution is 2.22. The van der Waals surface area contributed by atoms with Crippen molar-refractivity contribution in [2.75, 3.05) is 23.3 Å². The van der Waals surface area contributed by atoms with Gasteiger partial charge in [-0.2, -0.15) is 0 Å². The molecule has 1 fully saturated rings. The summed E-state index contributed by atoms with van der Waals surface area (Å²) in [6.45, 7) is 2.92. The molecule has 3 rings (SSSR count). The lowest BCUT2D eigenvalue weighted by atomic mass is 10.2. The molecule has 1 aliphatic heterocycles. The first-order valence-electron chi connectivity index (χ1n) is 7.12. The average Bonchev–Trinajstić information content (AvgIpc) is 3.17. The molecular formula is C16H20N2O2. The number of aliphatic hydroxyl groups excluding tert-OH is 1. The Hall–Kier alpha value is -1.94. The Balaban J connectivity index is 1.57. The lowest BCUT2D eigenvalue weighted by Crippen LogP contribution is -2.17. The smallest absolute Gasteiger partial charge is 0.129 e. The minimum atomic E-state index is -0.0511. The van der Waals surface area contributed by atoms with Crippen molar-refractivity contribution in [2.45, 2.75) is 26.0 Å². The Morgan fingerprint density at radius 2 is 1.70 bits per heavy atom. The highest BCUT2D eigenvalue weighted by atomic mass is 16.4. The number of rotatable bonds is 5. The van der Waals surface area contributed by atoms with Crippen LogP contribution in [-0.4, -0.2) is 18.2 Å². The summed E-state index contributed by atoms with van der Waals surface area (Å²) in [6, 6.07) is 12.2. The van der Waals surface area contributed by atoms with Gasteiger partial charge in [0.15, 0.2) is 0 Å². The van der Waals surface area contributed by atoms with E-state index in [4.69, 9.17) is 9.52 Å². The SMILES string of the molecule is OCc1ccc(CNc2ccc(N3CCCC3)cc2)o1. The van der Waals surface area contributed by atoms with Crippen molar-refractivity contribution in [1.82, 2.24) is 0 Å². The minimum Gasteiger partial charge on any atom is -0.462 e. The van der Waals surface area contributed by atoms with Crippen molar-refractivity contribution in [1.29, 1.82) is 0 Å². The zero-order valence-electron chi connectivity index (χ0n) is 11.5. The van der Waals surface area contributed by atoms with E-state index >= 15 is 0 Å². The summed E-state index contributed by atoms with van der Waals surface area (Å²) in [6.07, 6.45) is 2.59. The number of nitrogens with zero attached hydrogens (tertiary/aromatic N) is 1. The summed E-state index contributed by atoms with van der Waals surface area (Å²) in [4.78, 5) is 2.42. The third-order valence-corrected chi connectivity index (χ3v) is 3.68. The number of hydrogen-bond donors (Lipinski definition) is 2. The summed E-state index contributed by atoms with van der Waals surface area (Å²) in [5, 5.41) is 12.3. The van der Waals surface area contributed by atoms with Gasteiger partial charge in [-0.25, -0.2) is 0 Å². The van der Waals surface area contributed by atoms with E-state index in [-0.39, 0.29) is 6.61 Å². The molecule has 0 unspecified atom stereocenters. The van der Waals surface area contributed by atoms with Crippen molar-refractivity contribution in [3.8, 4) is 0 Å². The zero-order valence-corrected chi connectivity index (χ0v) is 11.5. The van der Waals surface area contributed by atoms with Crippen LogP contribution in [0.15, 0.2) is 40.8 Å². The second kappa shape index (κ2) is 6.01. The number of nitrogens with one attached hydrogen (secondary N) is 1. The van der Waals surface area contributed by atoms with E-state index in [1.54, 1.807) is 6.07 Å². The van der Waals surface area contributed by atoms with Crippen LogP contribution in [-0.2, 0) is 13.2 Å². The van der Waals surface area contributed by atoms with E-state index in [9.17, 15) is 0 Å². The van der Waals surface area contributed by atoms with Crippen LogP contribution in [0.25, 0.3) is 0 Å². The van der Waals surface area contributed by atoms with Crippen molar-refractivity contribution in [2.24, 2.45) is 0 Å². The van der Waals surface area contributed by atoms with Crippen LogP contribution in [0.4, 0.5) is 11.4 Å². The van der Waals surface area contributed by atoms with Crippen LogP contribution in [0.1, 0.15) is 24.4 Å². The fourth-order valence-corrected chi connectivity index (χ4v) is 2.56. The molecule has 4 nitrogen and oxygen atoms in total. The van der Waals surface area contributed by atoms with Crippen molar-refractivity contribution >= 4 is 11.4 Å². The molecule has 2 N–H and O–H groups in total. The zero-order chi connectivity index (χ0) is 13.8. The van der Waals surface area contributed by atoms with Crippen LogP contribution in [0.3, 0.4) is 0 Å². The third-order valence-electron chi connectivity index (χ3n) is 3.68. The van der Waals surface area contributed by atoms with E-state index in [0.717, 1.165) is 11.4 Å². The van der Waals surface area contributed by atoms with Gasteiger partial charge in [0.1, 0.15) is 18.1 Å². The van der Waals surface area contributed by atoms with Crippen molar-refractivity contribution < 1.29 is 9.52 Å². The molecule has 0 atom stereocenters. The van der Waals surface area contributed by atoms with Crippen LogP contribution in [0, 0.1) is 0 Å². The molecule has 1 saturated heterocycles. The molecule has 0 amide bonds. The van der Waals surface area contributed by atoms with E-state index in [0.29, 0.717) is 12.3 Å². The van der Waals surface area contributed by atoms with Gasteiger partial charge in [0.25, 0.3) is 0 Å². The van der Waals surface area contributed by atoms with E-state index in [2.05, 4.69) is 34.5 Å². The summed E-state index contributed by atoms with van der Waals surface area (Å²) >= 11 is 0. The number of benzene rings is 1. The molecule has 0 radical (unpaired) electrons. The molecule has 2 heterocycles. The first-order chi connectivity index (χ1) is 9.85. The number of furan rings is 1. The van der Waals surface area contributed by atoms with Gasteiger partial charge in [0.05, 0.1) is 6.54 Å². The lowest BCUT2D eigenvalue weighted by molar-refractivity contribution is 0.244. The Morgan fingerprint density at radius 3 is 2.35 bits per heavy atom. The third kappa shape index (κ3) is 2.96. The van der Waals surface area contributed by atoms with Gasteiger partial charge in [-0.05, 0) is 49.2 Å². The summed E-state index contributed by atoms with van der Waals surface area (Å²) in [5.74, 6) is 1.43. The van der Waals surface area contributed by atoms with Gasteiger partial charge in [0.2, 0.25) is 0 Å². The molecule has 0 spiro atoms. The fraction of sp³-hybridized carbons (Fsp3) is 0.375. The predicted molar refractivity (Wildman–Crippen MR) is 79.8 cm³/mol. The first-order valence-corrected chi connectivity index (χ1v) is 7.12. The van der Waals surface area contributed by atoms with E-state index in [1.165, 1.54) is 31.6 Å². The second-order valence-corrected chi connectivity index (χ2v) is 5.12. The Labute approximate surface area is 119 Å². The molecule has 1 aromatic heterocycles. The minimum absolute atomic E-state index is 0.0511. The van der Waals surface area contributed by atoms with E-state index < -0.39 is 0 Å². The monoisotopic (exact) mass is 272 g/mol. The number of anilines is 2. The van der Waals surface area contributed by atoms with Crippen LogP contribution < -0.4 is 10.2 Å². The molecule has 1 aromatic carbocycles. The standard InChI is InChI=1S/C16H20N2O2/c19-12-16-8-7-15(20-16)11-17-13-3-5-14(6-4-13)18-9-1-2-10-18/h3-8,17,19H,1-2,9-12H2. The Bertz CT molecular complexity index is 542. The maximum Gasteiger partial charge on any atom is 0.129 e. The molecule has 2 aromatic rings. The second-order valence-electron chi connectivity index (χ2n) is 5.12. The van der Waals surface area contributed by atoms with Gasteiger partial charge in [0, 0.05) is 24.5 Å². The maximum atomic E-state index is 8.95. The van der Waals surface area contributed by atoms with Crippen LogP contribution >= 0.6 is 0 Å². The molecule has 1 aliphatic rings. The fourth-order valence-electron chi connectivity index (χ4n) is 2.56. The van der Waals surface area contributed by atoms with Crippen LogP contribution in [0.2, 0.25) is 0 Å². The maximum absolute atomic E-state index is 8.95. The number of aliphatic hydroxyl groups is 1. The largest absolute Gasteiger partial charge is 0.462 e. The summed E-state index contributed by atoms with van der Waals surface area (Å²) < 4.78 is 5.44. The summed E-state index contributed by atoms with van der Waals surface area (Å²) in [5.41, 5.74) is 2.38. The normalized spacial score (nSPS) is 14.8. The highest BCUT2D eigenvalue weighted by molar-refractivity contribution is 5.55. The lowest BCUT2D eigenvalue weighted by Gasteiger charge is -2.17. The molecule has 20 heavy (non-hydrogen) atoms. The van der Waals surface area contributed by atoms with Gasteiger partial charge in [-0.15, -0.1) is 0 Å². The van der Waals surface area contributed by atoms with Gasteiger partial charge >= 0.3 is 0 Å². The molecule has 0 aliphatic carbocycles. The number of hydrogen-bond acceptors (Lipinski definition) is 4. The Kier molecular flexibility index (Phi) is 3.92. The van der Waals surface area contributed by atoms with Crippen molar-refractivity contribution in [3.63, 3.8) is 0 Å². The Morgan fingerprint density at radius 1 is 1.00 bits per heavy atom. The molecule has 0 saturated carbocycles. The topological polar surface area (TPSA) is 48.6 Å². The quantitative estimate of drug-likeness (QED) is 0.878. The molecule has 106 valence electrons. The first kappa shape index (κ1) is 13.1. The molecule has 4 heteroatoms.